The van der Waals surface area contributed by atoms with Crippen molar-refractivity contribution >= 4 is 17.5 Å². The van der Waals surface area contributed by atoms with Crippen molar-refractivity contribution in [3.05, 3.63) is 41.0 Å². The van der Waals surface area contributed by atoms with E-state index in [9.17, 15) is 0 Å². The topological polar surface area (TPSA) is 61.0 Å². The summed E-state index contributed by atoms with van der Waals surface area (Å²) in [5.74, 6) is 1.05. The standard InChI is InChI=1S/C11H10ClN3O/c1-7-2-4-8(5-3-7)16-10-9(12)6-14-11(13)15-10/h2-6H,1H3,(H2,13,14,15). The minimum absolute atomic E-state index is 0.131. The zero-order chi connectivity index (χ0) is 11.5. The van der Waals surface area contributed by atoms with Gasteiger partial charge in [0.15, 0.2) is 0 Å². The average Bonchev–Trinajstić information content (AvgIpc) is 2.27. The Bertz CT molecular complexity index is 499. The van der Waals surface area contributed by atoms with Crippen molar-refractivity contribution in [2.75, 3.05) is 5.73 Å². The fourth-order valence-electron chi connectivity index (χ4n) is 1.15. The van der Waals surface area contributed by atoms with Crippen LogP contribution in [0, 0.1) is 6.92 Å². The summed E-state index contributed by atoms with van der Waals surface area (Å²) >= 11 is 5.87. The third kappa shape index (κ3) is 2.41. The lowest BCUT2D eigenvalue weighted by Gasteiger charge is -2.06. The van der Waals surface area contributed by atoms with Crippen molar-refractivity contribution in [1.29, 1.82) is 0 Å². The predicted octanol–water partition coefficient (Wildman–Crippen LogP) is 2.81. The summed E-state index contributed by atoms with van der Waals surface area (Å²) in [7, 11) is 0. The van der Waals surface area contributed by atoms with Gasteiger partial charge in [0, 0.05) is 0 Å². The molecule has 4 nitrogen and oxygen atoms in total. The summed E-state index contributed by atoms with van der Waals surface area (Å²) in [5.41, 5.74) is 6.60. The molecule has 2 N–H and O–H groups in total. The Morgan fingerprint density at radius 3 is 2.62 bits per heavy atom. The molecule has 0 saturated carbocycles. The smallest absolute Gasteiger partial charge is 0.243 e. The van der Waals surface area contributed by atoms with Crippen molar-refractivity contribution < 1.29 is 4.74 Å². The summed E-state index contributed by atoms with van der Waals surface area (Å²) in [4.78, 5) is 7.65. The maximum atomic E-state index is 5.87. The molecule has 1 aromatic heterocycles. The Morgan fingerprint density at radius 1 is 1.25 bits per heavy atom. The molecule has 0 aliphatic heterocycles. The van der Waals surface area contributed by atoms with Crippen molar-refractivity contribution in [3.63, 3.8) is 0 Å². The Balaban J connectivity index is 2.26. The van der Waals surface area contributed by atoms with E-state index in [2.05, 4.69) is 9.97 Å². The third-order valence-electron chi connectivity index (χ3n) is 1.97. The molecule has 1 aromatic carbocycles. The number of ether oxygens (including phenoxy) is 1. The zero-order valence-electron chi connectivity index (χ0n) is 8.64. The summed E-state index contributed by atoms with van der Waals surface area (Å²) in [6.07, 6.45) is 1.41. The van der Waals surface area contributed by atoms with Crippen LogP contribution in [0.5, 0.6) is 11.6 Å². The molecule has 16 heavy (non-hydrogen) atoms. The first-order valence-corrected chi connectivity index (χ1v) is 5.05. The largest absolute Gasteiger partial charge is 0.437 e. The fraction of sp³-hybridized carbons (Fsp3) is 0.0909. The summed E-state index contributed by atoms with van der Waals surface area (Å²) in [5, 5.41) is 0.328. The molecule has 2 aromatic rings. The summed E-state index contributed by atoms with van der Waals surface area (Å²) in [6, 6.07) is 7.55. The van der Waals surface area contributed by atoms with Gasteiger partial charge in [-0.15, -0.1) is 0 Å². The van der Waals surface area contributed by atoms with Crippen LogP contribution in [0.15, 0.2) is 30.5 Å². The van der Waals surface area contributed by atoms with Crippen LogP contribution >= 0.6 is 11.6 Å². The predicted molar refractivity (Wildman–Crippen MR) is 62.7 cm³/mol. The molecule has 0 spiro atoms. The number of benzene rings is 1. The number of nitrogen functional groups attached to an aromatic ring is 1. The first kappa shape index (κ1) is 10.7. The van der Waals surface area contributed by atoms with Gasteiger partial charge in [-0.3, -0.25) is 0 Å². The van der Waals surface area contributed by atoms with Gasteiger partial charge in [-0.25, -0.2) is 4.98 Å². The van der Waals surface area contributed by atoms with Crippen LogP contribution in [0.25, 0.3) is 0 Å². The fourth-order valence-corrected chi connectivity index (χ4v) is 1.28. The first-order valence-electron chi connectivity index (χ1n) is 4.67. The molecular formula is C11H10ClN3O. The summed E-state index contributed by atoms with van der Waals surface area (Å²) < 4.78 is 5.48. The Morgan fingerprint density at radius 2 is 1.94 bits per heavy atom. The van der Waals surface area contributed by atoms with Gasteiger partial charge < -0.3 is 10.5 Å². The molecule has 0 radical (unpaired) electrons. The number of nitrogens with zero attached hydrogens (tertiary/aromatic N) is 2. The molecular weight excluding hydrogens is 226 g/mol. The molecule has 0 unspecified atom stereocenters. The van der Waals surface area contributed by atoms with Crippen molar-refractivity contribution in [2.24, 2.45) is 0 Å². The van der Waals surface area contributed by atoms with E-state index in [1.54, 1.807) is 0 Å². The van der Waals surface area contributed by atoms with Crippen molar-refractivity contribution in [3.8, 4) is 11.6 Å². The van der Waals surface area contributed by atoms with Crippen molar-refractivity contribution in [2.45, 2.75) is 6.92 Å². The van der Waals surface area contributed by atoms with Gasteiger partial charge >= 0.3 is 0 Å². The van der Waals surface area contributed by atoms with Gasteiger partial charge in [0.1, 0.15) is 10.8 Å². The second kappa shape index (κ2) is 4.37. The number of hydrogen-bond donors (Lipinski definition) is 1. The maximum absolute atomic E-state index is 5.87. The number of aromatic nitrogens is 2. The molecule has 2 rings (SSSR count). The number of nitrogens with two attached hydrogens (primary N) is 1. The van der Waals surface area contributed by atoms with Crippen LogP contribution in [-0.2, 0) is 0 Å². The monoisotopic (exact) mass is 235 g/mol. The van der Waals surface area contributed by atoms with Gasteiger partial charge in [0.25, 0.3) is 0 Å². The molecule has 0 amide bonds. The first-order chi connectivity index (χ1) is 7.65. The maximum Gasteiger partial charge on any atom is 0.243 e. The minimum atomic E-state index is 0.131. The number of rotatable bonds is 2. The van der Waals surface area contributed by atoms with Crippen LogP contribution < -0.4 is 10.5 Å². The highest BCUT2D eigenvalue weighted by atomic mass is 35.5. The lowest BCUT2D eigenvalue weighted by atomic mass is 10.2. The molecule has 0 bridgehead atoms. The molecule has 0 aliphatic carbocycles. The number of anilines is 1. The third-order valence-corrected chi connectivity index (χ3v) is 2.23. The SMILES string of the molecule is Cc1ccc(Oc2nc(N)ncc2Cl)cc1. The molecule has 0 aliphatic rings. The Kier molecular flexibility index (Phi) is 2.92. The lowest BCUT2D eigenvalue weighted by Crippen LogP contribution is -1.97. The molecule has 82 valence electrons. The van der Waals surface area contributed by atoms with E-state index in [1.165, 1.54) is 6.20 Å². The molecule has 0 fully saturated rings. The lowest BCUT2D eigenvalue weighted by molar-refractivity contribution is 0.463. The average molecular weight is 236 g/mol. The highest BCUT2D eigenvalue weighted by molar-refractivity contribution is 6.31. The van der Waals surface area contributed by atoms with Gasteiger partial charge in [-0.2, -0.15) is 4.98 Å². The quantitative estimate of drug-likeness (QED) is 0.870. The van der Waals surface area contributed by atoms with E-state index in [-0.39, 0.29) is 11.8 Å². The second-order valence-electron chi connectivity index (χ2n) is 3.30. The van der Waals surface area contributed by atoms with Crippen LogP contribution in [-0.4, -0.2) is 9.97 Å². The van der Waals surface area contributed by atoms with E-state index < -0.39 is 0 Å². The van der Waals surface area contributed by atoms with E-state index in [0.29, 0.717) is 10.8 Å². The normalized spacial score (nSPS) is 10.1. The van der Waals surface area contributed by atoms with E-state index >= 15 is 0 Å². The van der Waals surface area contributed by atoms with E-state index in [1.807, 2.05) is 31.2 Å². The number of halogens is 1. The molecule has 1 heterocycles. The number of hydrogen-bond acceptors (Lipinski definition) is 4. The van der Waals surface area contributed by atoms with E-state index in [4.69, 9.17) is 22.1 Å². The Hall–Kier alpha value is -1.81. The second-order valence-corrected chi connectivity index (χ2v) is 3.70. The van der Waals surface area contributed by atoms with Crippen LogP contribution in [0.2, 0.25) is 5.02 Å². The minimum Gasteiger partial charge on any atom is -0.437 e. The number of aryl methyl sites for hydroxylation is 1. The highest BCUT2D eigenvalue weighted by Crippen LogP contribution is 2.26. The van der Waals surface area contributed by atoms with Crippen LogP contribution in [0.4, 0.5) is 5.95 Å². The highest BCUT2D eigenvalue weighted by Gasteiger charge is 2.06. The van der Waals surface area contributed by atoms with Gasteiger partial charge in [0.2, 0.25) is 11.8 Å². The molecule has 0 saturated heterocycles. The van der Waals surface area contributed by atoms with Gasteiger partial charge in [0.05, 0.1) is 6.20 Å². The zero-order valence-corrected chi connectivity index (χ0v) is 9.40. The molecule has 0 atom stereocenters. The molecule has 5 heteroatoms. The summed E-state index contributed by atoms with van der Waals surface area (Å²) in [6.45, 7) is 2.00. The van der Waals surface area contributed by atoms with Crippen LogP contribution in [0.3, 0.4) is 0 Å². The van der Waals surface area contributed by atoms with Crippen LogP contribution in [0.1, 0.15) is 5.56 Å². The van der Waals surface area contributed by atoms with E-state index in [0.717, 1.165) is 5.56 Å². The Labute approximate surface area is 98.0 Å². The van der Waals surface area contributed by atoms with Crippen molar-refractivity contribution in [1.82, 2.24) is 9.97 Å². The van der Waals surface area contributed by atoms with Gasteiger partial charge in [-0.1, -0.05) is 29.3 Å². The van der Waals surface area contributed by atoms with Gasteiger partial charge in [-0.05, 0) is 19.1 Å².